The van der Waals surface area contributed by atoms with E-state index >= 15 is 0 Å². The van der Waals surface area contributed by atoms with E-state index in [1.165, 1.54) is 30.0 Å². The molecular weight excluding hydrogens is 330 g/mol. The standard InChI is InChI=1S/C18H16F2N2O3/c1-10-14(18(24)25)6-7-16(21-10)17(23)22(13-4-5-13)9-11-2-3-12(19)8-15(11)20/h2-3,6-8,13H,4-5,9H2,1H3,(H,24,25). The van der Waals surface area contributed by atoms with E-state index in [0.717, 1.165) is 25.0 Å². The average Bonchev–Trinajstić information content (AvgIpc) is 3.38. The Kier molecular flexibility index (Phi) is 4.48. The smallest absolute Gasteiger partial charge is 0.337 e. The van der Waals surface area contributed by atoms with E-state index < -0.39 is 23.5 Å². The number of aromatic nitrogens is 1. The van der Waals surface area contributed by atoms with Gasteiger partial charge in [0, 0.05) is 24.2 Å². The van der Waals surface area contributed by atoms with Crippen molar-refractivity contribution in [2.45, 2.75) is 32.4 Å². The molecule has 1 aliphatic rings. The number of halogens is 2. The molecular formula is C18H16F2N2O3. The largest absolute Gasteiger partial charge is 0.478 e. The molecule has 1 saturated carbocycles. The van der Waals surface area contributed by atoms with Crippen molar-refractivity contribution in [1.29, 1.82) is 0 Å². The van der Waals surface area contributed by atoms with Gasteiger partial charge in [-0.1, -0.05) is 6.07 Å². The number of carbonyl (C=O) groups excluding carboxylic acids is 1. The number of aryl methyl sites for hydroxylation is 1. The molecule has 1 aromatic heterocycles. The Bertz CT molecular complexity index is 850. The SMILES string of the molecule is Cc1nc(C(=O)N(Cc2ccc(F)cc2F)C2CC2)ccc1C(=O)O. The van der Waals surface area contributed by atoms with Crippen LogP contribution in [0.2, 0.25) is 0 Å². The summed E-state index contributed by atoms with van der Waals surface area (Å²) in [5, 5.41) is 9.04. The second-order valence-electron chi connectivity index (χ2n) is 6.03. The van der Waals surface area contributed by atoms with Gasteiger partial charge in [-0.15, -0.1) is 0 Å². The molecule has 0 bridgehead atoms. The van der Waals surface area contributed by atoms with Crippen LogP contribution in [0.5, 0.6) is 0 Å². The first kappa shape index (κ1) is 17.0. The molecule has 3 rings (SSSR count). The third kappa shape index (κ3) is 3.65. The fourth-order valence-corrected chi connectivity index (χ4v) is 2.64. The number of nitrogens with zero attached hydrogens (tertiary/aromatic N) is 2. The van der Waals surface area contributed by atoms with Crippen molar-refractivity contribution in [3.8, 4) is 0 Å². The molecule has 0 spiro atoms. The van der Waals surface area contributed by atoms with Crippen LogP contribution in [0, 0.1) is 18.6 Å². The fraction of sp³-hybridized carbons (Fsp3) is 0.278. The molecule has 5 nitrogen and oxygen atoms in total. The minimum atomic E-state index is -1.11. The van der Waals surface area contributed by atoms with E-state index in [4.69, 9.17) is 5.11 Å². The van der Waals surface area contributed by atoms with Crippen LogP contribution in [0.1, 0.15) is 44.9 Å². The molecule has 130 valence electrons. The van der Waals surface area contributed by atoms with Crippen LogP contribution >= 0.6 is 0 Å². The van der Waals surface area contributed by atoms with Gasteiger partial charge in [-0.25, -0.2) is 18.6 Å². The highest BCUT2D eigenvalue weighted by molar-refractivity contribution is 5.94. The molecule has 1 amide bonds. The monoisotopic (exact) mass is 346 g/mol. The van der Waals surface area contributed by atoms with Gasteiger partial charge in [-0.3, -0.25) is 4.79 Å². The molecule has 0 saturated heterocycles. The van der Waals surface area contributed by atoms with Gasteiger partial charge in [-0.2, -0.15) is 0 Å². The van der Waals surface area contributed by atoms with Crippen LogP contribution in [0.15, 0.2) is 30.3 Å². The molecule has 1 aliphatic carbocycles. The van der Waals surface area contributed by atoms with Crippen LogP contribution < -0.4 is 0 Å². The zero-order valence-corrected chi connectivity index (χ0v) is 13.5. The zero-order valence-electron chi connectivity index (χ0n) is 13.5. The molecule has 1 N–H and O–H groups in total. The third-order valence-corrected chi connectivity index (χ3v) is 4.14. The molecule has 1 heterocycles. The van der Waals surface area contributed by atoms with Crippen molar-refractivity contribution in [3.05, 3.63) is 64.5 Å². The summed E-state index contributed by atoms with van der Waals surface area (Å²) in [6, 6.07) is 5.93. The Hall–Kier alpha value is -2.83. The summed E-state index contributed by atoms with van der Waals surface area (Å²) in [7, 11) is 0. The molecule has 7 heteroatoms. The van der Waals surface area contributed by atoms with E-state index in [9.17, 15) is 18.4 Å². The second kappa shape index (κ2) is 6.58. The summed E-state index contributed by atoms with van der Waals surface area (Å²) >= 11 is 0. The second-order valence-corrected chi connectivity index (χ2v) is 6.03. The molecule has 0 aliphatic heterocycles. The maximum atomic E-state index is 13.9. The van der Waals surface area contributed by atoms with Gasteiger partial charge < -0.3 is 10.0 Å². The highest BCUT2D eigenvalue weighted by Crippen LogP contribution is 2.30. The first-order chi connectivity index (χ1) is 11.9. The van der Waals surface area contributed by atoms with E-state index in [2.05, 4.69) is 4.98 Å². The summed E-state index contributed by atoms with van der Waals surface area (Å²) in [5.74, 6) is -2.89. The van der Waals surface area contributed by atoms with Crippen LogP contribution in [0.3, 0.4) is 0 Å². The number of amides is 1. The van der Waals surface area contributed by atoms with E-state index in [1.807, 2.05) is 0 Å². The van der Waals surface area contributed by atoms with Gasteiger partial charge >= 0.3 is 5.97 Å². The summed E-state index contributed by atoms with van der Waals surface area (Å²) < 4.78 is 27.0. The Morgan fingerprint density at radius 3 is 2.52 bits per heavy atom. The normalized spacial score (nSPS) is 13.6. The first-order valence-electron chi connectivity index (χ1n) is 7.82. The van der Waals surface area contributed by atoms with Gasteiger partial charge in [0.1, 0.15) is 17.3 Å². The van der Waals surface area contributed by atoms with Crippen molar-refractivity contribution in [2.75, 3.05) is 0 Å². The van der Waals surface area contributed by atoms with Crippen molar-refractivity contribution in [1.82, 2.24) is 9.88 Å². The van der Waals surface area contributed by atoms with Gasteiger partial charge in [0.2, 0.25) is 0 Å². The third-order valence-electron chi connectivity index (χ3n) is 4.14. The van der Waals surface area contributed by atoms with Crippen LogP contribution in [-0.4, -0.2) is 32.9 Å². The summed E-state index contributed by atoms with van der Waals surface area (Å²) in [6.07, 6.45) is 1.61. The van der Waals surface area contributed by atoms with Crippen molar-refractivity contribution in [3.63, 3.8) is 0 Å². The molecule has 25 heavy (non-hydrogen) atoms. The van der Waals surface area contributed by atoms with Crippen molar-refractivity contribution in [2.24, 2.45) is 0 Å². The fourth-order valence-electron chi connectivity index (χ4n) is 2.64. The minimum Gasteiger partial charge on any atom is -0.478 e. The Morgan fingerprint density at radius 1 is 1.24 bits per heavy atom. The van der Waals surface area contributed by atoms with Crippen LogP contribution in [0.4, 0.5) is 8.78 Å². The molecule has 0 unspecified atom stereocenters. The molecule has 2 aromatic rings. The maximum absolute atomic E-state index is 13.9. The molecule has 1 fully saturated rings. The highest BCUT2D eigenvalue weighted by atomic mass is 19.1. The van der Waals surface area contributed by atoms with Gasteiger partial charge in [0.05, 0.1) is 11.3 Å². The molecule has 0 atom stereocenters. The quantitative estimate of drug-likeness (QED) is 0.903. The topological polar surface area (TPSA) is 70.5 Å². The van der Waals surface area contributed by atoms with Gasteiger partial charge in [0.15, 0.2) is 0 Å². The lowest BCUT2D eigenvalue weighted by atomic mass is 10.1. The predicted octanol–water partition coefficient (Wildman–Crippen LogP) is 3.17. The Labute approximate surface area is 142 Å². The van der Waals surface area contributed by atoms with Gasteiger partial charge in [0.25, 0.3) is 5.91 Å². The first-order valence-corrected chi connectivity index (χ1v) is 7.82. The lowest BCUT2D eigenvalue weighted by Gasteiger charge is -2.22. The van der Waals surface area contributed by atoms with Crippen LogP contribution in [0.25, 0.3) is 0 Å². The minimum absolute atomic E-state index is 0.0109. The number of hydrogen-bond donors (Lipinski definition) is 1. The number of pyridine rings is 1. The Balaban J connectivity index is 1.87. The lowest BCUT2D eigenvalue weighted by molar-refractivity contribution is 0.0688. The van der Waals surface area contributed by atoms with Crippen molar-refractivity contribution >= 4 is 11.9 Å². The van der Waals surface area contributed by atoms with Crippen molar-refractivity contribution < 1.29 is 23.5 Å². The predicted molar refractivity (Wildman–Crippen MR) is 85.2 cm³/mol. The summed E-state index contributed by atoms with van der Waals surface area (Å²) in [6.45, 7) is 1.53. The average molecular weight is 346 g/mol. The Morgan fingerprint density at radius 2 is 1.96 bits per heavy atom. The number of aromatic carboxylic acids is 1. The van der Waals surface area contributed by atoms with E-state index in [-0.39, 0.29) is 35.1 Å². The number of carboxylic acid groups (broad SMARTS) is 1. The van der Waals surface area contributed by atoms with Crippen LogP contribution in [-0.2, 0) is 6.54 Å². The highest BCUT2D eigenvalue weighted by Gasteiger charge is 2.34. The summed E-state index contributed by atoms with van der Waals surface area (Å²) in [5.41, 5.74) is 0.596. The van der Waals surface area contributed by atoms with E-state index in [0.29, 0.717) is 0 Å². The lowest BCUT2D eigenvalue weighted by Crippen LogP contribution is -2.33. The number of carboxylic acids is 1. The maximum Gasteiger partial charge on any atom is 0.337 e. The van der Waals surface area contributed by atoms with E-state index in [1.54, 1.807) is 0 Å². The molecule has 1 aromatic carbocycles. The molecule has 0 radical (unpaired) electrons. The van der Waals surface area contributed by atoms with Gasteiger partial charge in [-0.05, 0) is 38.0 Å². The number of carbonyl (C=O) groups is 2. The number of benzene rings is 1. The number of rotatable bonds is 5. The zero-order chi connectivity index (χ0) is 18.1. The summed E-state index contributed by atoms with van der Waals surface area (Å²) in [4.78, 5) is 29.4. The number of hydrogen-bond acceptors (Lipinski definition) is 3.